The smallest absolute Gasteiger partial charge is 0.254 e. The van der Waals surface area contributed by atoms with Gasteiger partial charge < -0.3 is 14.8 Å². The maximum absolute atomic E-state index is 13.0. The SMILES string of the molecule is Cc1ccccc1N1CCN(C(=O)c2cc(=O)[nH]c3ccccc23)CC1. The third-order valence-electron chi connectivity index (χ3n) is 5.00. The molecule has 1 N–H and O–H groups in total. The van der Waals surface area contributed by atoms with Crippen LogP contribution in [-0.4, -0.2) is 42.0 Å². The molecule has 0 unspecified atom stereocenters. The number of nitrogens with one attached hydrogen (secondary N) is 1. The maximum atomic E-state index is 13.0. The zero-order valence-corrected chi connectivity index (χ0v) is 14.7. The Kier molecular flexibility index (Phi) is 4.21. The number of benzene rings is 2. The van der Waals surface area contributed by atoms with Crippen molar-refractivity contribution in [3.05, 3.63) is 76.1 Å². The number of anilines is 1. The van der Waals surface area contributed by atoms with Crippen molar-refractivity contribution in [3.63, 3.8) is 0 Å². The number of para-hydroxylation sites is 2. The van der Waals surface area contributed by atoms with Gasteiger partial charge in [-0.1, -0.05) is 36.4 Å². The van der Waals surface area contributed by atoms with Gasteiger partial charge in [0.2, 0.25) is 5.56 Å². The summed E-state index contributed by atoms with van der Waals surface area (Å²) in [4.78, 5) is 31.9. The molecule has 1 aliphatic heterocycles. The summed E-state index contributed by atoms with van der Waals surface area (Å²) in [6, 6.07) is 17.2. The molecule has 2 heterocycles. The molecule has 0 spiro atoms. The highest BCUT2D eigenvalue weighted by atomic mass is 16.2. The van der Waals surface area contributed by atoms with Gasteiger partial charge in [-0.3, -0.25) is 9.59 Å². The molecule has 5 nitrogen and oxygen atoms in total. The normalized spacial score (nSPS) is 14.7. The minimum atomic E-state index is -0.245. The van der Waals surface area contributed by atoms with Gasteiger partial charge in [0.25, 0.3) is 5.91 Å². The van der Waals surface area contributed by atoms with Gasteiger partial charge in [0.05, 0.1) is 5.56 Å². The van der Waals surface area contributed by atoms with Crippen molar-refractivity contribution in [2.75, 3.05) is 31.1 Å². The number of piperazine rings is 1. The summed E-state index contributed by atoms with van der Waals surface area (Å²) in [5.74, 6) is -0.0725. The van der Waals surface area contributed by atoms with E-state index in [1.54, 1.807) is 0 Å². The molecule has 1 aliphatic rings. The molecule has 132 valence electrons. The average molecular weight is 347 g/mol. The number of pyridine rings is 1. The molecule has 0 bridgehead atoms. The van der Waals surface area contributed by atoms with Crippen LogP contribution < -0.4 is 10.5 Å². The first-order valence-corrected chi connectivity index (χ1v) is 8.85. The van der Waals surface area contributed by atoms with Crippen LogP contribution in [0.15, 0.2) is 59.4 Å². The Hall–Kier alpha value is -3.08. The Morgan fingerprint density at radius 1 is 0.962 bits per heavy atom. The van der Waals surface area contributed by atoms with Gasteiger partial charge >= 0.3 is 0 Å². The average Bonchev–Trinajstić information content (AvgIpc) is 2.67. The third kappa shape index (κ3) is 2.96. The van der Waals surface area contributed by atoms with Gasteiger partial charge in [0.15, 0.2) is 0 Å². The van der Waals surface area contributed by atoms with Crippen molar-refractivity contribution in [1.82, 2.24) is 9.88 Å². The van der Waals surface area contributed by atoms with Crippen molar-refractivity contribution in [2.24, 2.45) is 0 Å². The molecule has 26 heavy (non-hydrogen) atoms. The highest BCUT2D eigenvalue weighted by Crippen LogP contribution is 2.22. The van der Waals surface area contributed by atoms with E-state index in [0.717, 1.165) is 18.5 Å². The van der Waals surface area contributed by atoms with Gasteiger partial charge in [0.1, 0.15) is 0 Å². The molecule has 0 aliphatic carbocycles. The number of aryl methyl sites for hydroxylation is 1. The second-order valence-corrected chi connectivity index (χ2v) is 6.66. The van der Waals surface area contributed by atoms with Crippen LogP contribution in [0.2, 0.25) is 0 Å². The van der Waals surface area contributed by atoms with Crippen LogP contribution in [0.4, 0.5) is 5.69 Å². The minimum Gasteiger partial charge on any atom is -0.368 e. The first-order chi connectivity index (χ1) is 12.6. The minimum absolute atomic E-state index is 0.0725. The van der Waals surface area contributed by atoms with E-state index in [4.69, 9.17) is 0 Å². The number of nitrogens with zero attached hydrogens (tertiary/aromatic N) is 2. The Bertz CT molecular complexity index is 1020. The van der Waals surface area contributed by atoms with E-state index >= 15 is 0 Å². The highest BCUT2D eigenvalue weighted by molar-refractivity contribution is 6.06. The quantitative estimate of drug-likeness (QED) is 0.775. The maximum Gasteiger partial charge on any atom is 0.254 e. The summed E-state index contributed by atoms with van der Waals surface area (Å²) in [5.41, 5.74) is 3.40. The number of hydrogen-bond acceptors (Lipinski definition) is 3. The van der Waals surface area contributed by atoms with Gasteiger partial charge in [-0.2, -0.15) is 0 Å². The molecule has 0 saturated carbocycles. The van der Waals surface area contributed by atoms with Gasteiger partial charge in [0, 0.05) is 48.8 Å². The standard InChI is InChI=1S/C21H21N3O2/c1-15-6-2-5-9-19(15)23-10-12-24(13-11-23)21(26)17-14-20(25)22-18-8-4-3-7-16(17)18/h2-9,14H,10-13H2,1H3,(H,22,25). The fraction of sp³-hybridized carbons (Fsp3) is 0.238. The van der Waals surface area contributed by atoms with Crippen molar-refractivity contribution in [1.29, 1.82) is 0 Å². The Morgan fingerprint density at radius 2 is 1.65 bits per heavy atom. The lowest BCUT2D eigenvalue weighted by atomic mass is 10.1. The van der Waals surface area contributed by atoms with Gasteiger partial charge in [-0.05, 0) is 24.6 Å². The van der Waals surface area contributed by atoms with Crippen LogP contribution in [0.3, 0.4) is 0 Å². The molecule has 1 fully saturated rings. The molecule has 0 atom stereocenters. The van der Waals surface area contributed by atoms with Crippen LogP contribution >= 0.6 is 0 Å². The highest BCUT2D eigenvalue weighted by Gasteiger charge is 2.24. The Labute approximate surface area is 151 Å². The van der Waals surface area contributed by atoms with Gasteiger partial charge in [-0.15, -0.1) is 0 Å². The third-order valence-corrected chi connectivity index (χ3v) is 5.00. The van der Waals surface area contributed by atoms with E-state index in [9.17, 15) is 9.59 Å². The Balaban J connectivity index is 1.56. The Morgan fingerprint density at radius 3 is 2.42 bits per heavy atom. The molecular formula is C21H21N3O2. The fourth-order valence-electron chi connectivity index (χ4n) is 3.62. The van der Waals surface area contributed by atoms with Crippen LogP contribution in [0.1, 0.15) is 15.9 Å². The second kappa shape index (κ2) is 6.67. The van der Waals surface area contributed by atoms with Crippen molar-refractivity contribution in [2.45, 2.75) is 6.92 Å². The van der Waals surface area contributed by atoms with Crippen molar-refractivity contribution in [3.8, 4) is 0 Å². The molecule has 5 heteroatoms. The molecular weight excluding hydrogens is 326 g/mol. The zero-order valence-electron chi connectivity index (χ0n) is 14.7. The topological polar surface area (TPSA) is 56.4 Å². The number of carbonyl (C=O) groups excluding carboxylic acids is 1. The molecule has 3 aromatic rings. The van der Waals surface area contributed by atoms with E-state index in [0.29, 0.717) is 24.2 Å². The summed E-state index contributed by atoms with van der Waals surface area (Å²) < 4.78 is 0. The van der Waals surface area contributed by atoms with Crippen LogP contribution in [0.5, 0.6) is 0 Å². The monoisotopic (exact) mass is 347 g/mol. The second-order valence-electron chi connectivity index (χ2n) is 6.66. The largest absolute Gasteiger partial charge is 0.368 e. The molecule has 2 aromatic carbocycles. The summed E-state index contributed by atoms with van der Waals surface area (Å²) in [5, 5.41) is 0.790. The van der Waals surface area contributed by atoms with Gasteiger partial charge in [-0.25, -0.2) is 0 Å². The van der Waals surface area contributed by atoms with Crippen molar-refractivity contribution < 1.29 is 4.79 Å². The first kappa shape index (κ1) is 16.4. The summed E-state index contributed by atoms with van der Waals surface area (Å²) in [6.07, 6.45) is 0. The lowest BCUT2D eigenvalue weighted by Crippen LogP contribution is -2.49. The molecule has 1 amide bonds. The van der Waals surface area contributed by atoms with E-state index in [2.05, 4.69) is 28.9 Å². The first-order valence-electron chi connectivity index (χ1n) is 8.85. The lowest BCUT2D eigenvalue weighted by molar-refractivity contribution is 0.0748. The number of hydrogen-bond donors (Lipinski definition) is 1. The lowest BCUT2D eigenvalue weighted by Gasteiger charge is -2.37. The summed E-state index contributed by atoms with van der Waals surface area (Å²) in [6.45, 7) is 4.98. The van der Waals surface area contributed by atoms with E-state index in [-0.39, 0.29) is 11.5 Å². The summed E-state index contributed by atoms with van der Waals surface area (Å²) >= 11 is 0. The predicted octanol–water partition coefficient (Wildman–Crippen LogP) is 2.80. The van der Waals surface area contributed by atoms with E-state index < -0.39 is 0 Å². The zero-order chi connectivity index (χ0) is 18.1. The predicted molar refractivity (Wildman–Crippen MR) is 104 cm³/mol. The molecule has 0 radical (unpaired) electrons. The number of fused-ring (bicyclic) bond motifs is 1. The van der Waals surface area contributed by atoms with Crippen LogP contribution in [0, 0.1) is 6.92 Å². The summed E-state index contributed by atoms with van der Waals surface area (Å²) in [7, 11) is 0. The number of carbonyl (C=O) groups is 1. The van der Waals surface area contributed by atoms with Crippen LogP contribution in [0.25, 0.3) is 10.9 Å². The van der Waals surface area contributed by atoms with Crippen LogP contribution in [-0.2, 0) is 0 Å². The molecule has 1 aromatic heterocycles. The van der Waals surface area contributed by atoms with E-state index in [1.807, 2.05) is 41.3 Å². The molecule has 4 rings (SSSR count). The number of aromatic amines is 1. The number of amides is 1. The number of rotatable bonds is 2. The fourth-order valence-corrected chi connectivity index (χ4v) is 3.62. The van der Waals surface area contributed by atoms with Crippen molar-refractivity contribution >= 4 is 22.5 Å². The van der Waals surface area contributed by atoms with E-state index in [1.165, 1.54) is 17.3 Å². The number of aromatic nitrogens is 1. The molecule has 1 saturated heterocycles. The number of H-pyrrole nitrogens is 1.